The van der Waals surface area contributed by atoms with Crippen molar-refractivity contribution in [1.82, 2.24) is 4.72 Å². The first kappa shape index (κ1) is 15.9. The van der Waals surface area contributed by atoms with Crippen LogP contribution in [-0.2, 0) is 10.0 Å². The number of allylic oxidation sites excluding steroid dienone is 1. The topological polar surface area (TPSA) is 66.4 Å². The minimum Gasteiger partial charge on any atom is -0.392 e. The molecule has 0 saturated heterocycles. The summed E-state index contributed by atoms with van der Waals surface area (Å²) in [6, 6.07) is 6.80. The molecule has 19 heavy (non-hydrogen) atoms. The molecule has 5 heteroatoms. The molecule has 1 aromatic rings. The first-order valence-corrected chi connectivity index (χ1v) is 7.87. The Morgan fingerprint density at radius 1 is 1.16 bits per heavy atom. The fraction of sp³-hybridized carbons (Fsp3) is 0.429. The van der Waals surface area contributed by atoms with Gasteiger partial charge in [-0.25, -0.2) is 13.1 Å². The first-order chi connectivity index (χ1) is 9.06. The Bertz CT molecular complexity index is 492. The van der Waals surface area contributed by atoms with E-state index in [4.69, 9.17) is 5.11 Å². The first-order valence-electron chi connectivity index (χ1n) is 6.38. The number of nitrogens with one attached hydrogen (secondary N) is 1. The Morgan fingerprint density at radius 2 is 1.84 bits per heavy atom. The third-order valence-electron chi connectivity index (χ3n) is 2.69. The van der Waals surface area contributed by atoms with Crippen molar-refractivity contribution < 1.29 is 13.5 Å². The highest BCUT2D eigenvalue weighted by Crippen LogP contribution is 2.09. The SMILES string of the molecule is Cc1ccc(S(=O)(=O)NCCCC/C=C/CO)cc1. The Labute approximate surface area is 115 Å². The van der Waals surface area contributed by atoms with Gasteiger partial charge in [-0.15, -0.1) is 0 Å². The summed E-state index contributed by atoms with van der Waals surface area (Å²) in [6.45, 7) is 2.41. The van der Waals surface area contributed by atoms with Crippen LogP contribution in [0.5, 0.6) is 0 Å². The van der Waals surface area contributed by atoms with Crippen LogP contribution in [-0.4, -0.2) is 26.7 Å². The molecule has 2 N–H and O–H groups in total. The van der Waals surface area contributed by atoms with Crippen LogP contribution in [0.1, 0.15) is 24.8 Å². The van der Waals surface area contributed by atoms with Gasteiger partial charge >= 0.3 is 0 Å². The fourth-order valence-electron chi connectivity index (χ4n) is 1.59. The van der Waals surface area contributed by atoms with Gasteiger partial charge in [-0.05, 0) is 38.3 Å². The van der Waals surface area contributed by atoms with Crippen LogP contribution in [0, 0.1) is 6.92 Å². The standard InChI is InChI=1S/C14H21NO3S/c1-13-7-9-14(10-8-13)19(17,18)15-11-5-3-2-4-6-12-16/h4,6-10,15-16H,2-3,5,11-12H2,1H3/b6-4+. The summed E-state index contributed by atoms with van der Waals surface area (Å²) in [5, 5.41) is 8.54. The van der Waals surface area contributed by atoms with Gasteiger partial charge in [0.05, 0.1) is 11.5 Å². The van der Waals surface area contributed by atoms with Gasteiger partial charge in [0.15, 0.2) is 0 Å². The second kappa shape index (κ2) is 8.09. The number of sulfonamides is 1. The molecule has 0 fully saturated rings. The number of benzene rings is 1. The quantitative estimate of drug-likeness (QED) is 0.566. The maximum absolute atomic E-state index is 11.9. The zero-order chi connectivity index (χ0) is 14.1. The molecule has 0 heterocycles. The molecule has 0 aromatic heterocycles. The van der Waals surface area contributed by atoms with Crippen LogP contribution >= 0.6 is 0 Å². The maximum atomic E-state index is 11.9. The Hall–Kier alpha value is -1.17. The molecule has 0 radical (unpaired) electrons. The number of aliphatic hydroxyl groups is 1. The van der Waals surface area contributed by atoms with Gasteiger partial charge in [-0.2, -0.15) is 0 Å². The maximum Gasteiger partial charge on any atom is 0.240 e. The van der Waals surface area contributed by atoms with Crippen molar-refractivity contribution in [3.8, 4) is 0 Å². The lowest BCUT2D eigenvalue weighted by Crippen LogP contribution is -2.24. The molecule has 0 unspecified atom stereocenters. The smallest absolute Gasteiger partial charge is 0.240 e. The predicted octanol–water partition coefficient (Wildman–Crippen LogP) is 1.99. The molecule has 0 aliphatic carbocycles. The van der Waals surface area contributed by atoms with Gasteiger partial charge < -0.3 is 5.11 Å². The van der Waals surface area contributed by atoms with E-state index in [0.717, 1.165) is 24.8 Å². The highest BCUT2D eigenvalue weighted by atomic mass is 32.2. The average Bonchev–Trinajstić information content (AvgIpc) is 2.38. The van der Waals surface area contributed by atoms with Crippen molar-refractivity contribution in [2.45, 2.75) is 31.1 Å². The van der Waals surface area contributed by atoms with Gasteiger partial charge in [0, 0.05) is 6.54 Å². The van der Waals surface area contributed by atoms with Gasteiger partial charge in [0.1, 0.15) is 0 Å². The molecule has 0 aliphatic rings. The molecule has 0 amide bonds. The fourth-order valence-corrected chi connectivity index (χ4v) is 2.66. The highest BCUT2D eigenvalue weighted by Gasteiger charge is 2.12. The summed E-state index contributed by atoms with van der Waals surface area (Å²) in [6.07, 6.45) is 6.12. The summed E-state index contributed by atoms with van der Waals surface area (Å²) in [5.41, 5.74) is 1.04. The second-order valence-electron chi connectivity index (χ2n) is 4.36. The second-order valence-corrected chi connectivity index (χ2v) is 6.13. The monoisotopic (exact) mass is 283 g/mol. The molecule has 0 saturated carbocycles. The van der Waals surface area contributed by atoms with Crippen molar-refractivity contribution in [3.05, 3.63) is 42.0 Å². The Balaban J connectivity index is 2.35. The minimum absolute atomic E-state index is 0.0556. The van der Waals surface area contributed by atoms with E-state index in [1.54, 1.807) is 30.3 Å². The van der Waals surface area contributed by atoms with E-state index in [2.05, 4.69) is 4.72 Å². The van der Waals surface area contributed by atoms with E-state index >= 15 is 0 Å². The van der Waals surface area contributed by atoms with E-state index in [-0.39, 0.29) is 6.61 Å². The van der Waals surface area contributed by atoms with Gasteiger partial charge in [-0.1, -0.05) is 29.8 Å². The van der Waals surface area contributed by atoms with Crippen molar-refractivity contribution in [1.29, 1.82) is 0 Å². The highest BCUT2D eigenvalue weighted by molar-refractivity contribution is 7.89. The largest absolute Gasteiger partial charge is 0.392 e. The molecule has 0 atom stereocenters. The lowest BCUT2D eigenvalue weighted by Gasteiger charge is -2.06. The number of rotatable bonds is 8. The van der Waals surface area contributed by atoms with E-state index in [1.165, 1.54) is 0 Å². The van der Waals surface area contributed by atoms with E-state index in [1.807, 2.05) is 13.0 Å². The number of aliphatic hydroxyl groups excluding tert-OH is 1. The predicted molar refractivity (Wildman–Crippen MR) is 76.4 cm³/mol. The molecule has 1 aromatic carbocycles. The van der Waals surface area contributed by atoms with Crippen molar-refractivity contribution in [2.75, 3.05) is 13.2 Å². The molecule has 0 aliphatic heterocycles. The zero-order valence-electron chi connectivity index (χ0n) is 11.2. The average molecular weight is 283 g/mol. The van der Waals surface area contributed by atoms with E-state index < -0.39 is 10.0 Å². The van der Waals surface area contributed by atoms with Crippen LogP contribution in [0.4, 0.5) is 0 Å². The number of hydrogen-bond acceptors (Lipinski definition) is 3. The lowest BCUT2D eigenvalue weighted by molar-refractivity contribution is 0.342. The summed E-state index contributed by atoms with van der Waals surface area (Å²) < 4.78 is 26.4. The Morgan fingerprint density at radius 3 is 2.47 bits per heavy atom. The molecule has 4 nitrogen and oxygen atoms in total. The van der Waals surface area contributed by atoms with Crippen LogP contribution < -0.4 is 4.72 Å². The van der Waals surface area contributed by atoms with Crippen LogP contribution in [0.25, 0.3) is 0 Å². The molecule has 0 spiro atoms. The third-order valence-corrected chi connectivity index (χ3v) is 4.17. The Kier molecular flexibility index (Phi) is 6.77. The number of unbranched alkanes of at least 4 members (excludes halogenated alkanes) is 2. The van der Waals surface area contributed by atoms with Gasteiger partial charge in [-0.3, -0.25) is 0 Å². The molecular formula is C14H21NO3S. The molecule has 1 rings (SSSR count). The molecule has 106 valence electrons. The molecular weight excluding hydrogens is 262 g/mol. The van der Waals surface area contributed by atoms with Crippen molar-refractivity contribution in [3.63, 3.8) is 0 Å². The summed E-state index contributed by atoms with van der Waals surface area (Å²) in [7, 11) is -3.38. The summed E-state index contributed by atoms with van der Waals surface area (Å²) in [4.78, 5) is 0.304. The van der Waals surface area contributed by atoms with Crippen molar-refractivity contribution in [2.24, 2.45) is 0 Å². The zero-order valence-corrected chi connectivity index (χ0v) is 12.0. The van der Waals surface area contributed by atoms with Crippen LogP contribution in [0.15, 0.2) is 41.3 Å². The number of aryl methyl sites for hydroxylation is 1. The van der Waals surface area contributed by atoms with Gasteiger partial charge in [0.25, 0.3) is 0 Å². The number of hydrogen-bond donors (Lipinski definition) is 2. The van der Waals surface area contributed by atoms with Gasteiger partial charge in [0.2, 0.25) is 10.0 Å². The van der Waals surface area contributed by atoms with Crippen LogP contribution in [0.2, 0.25) is 0 Å². The van der Waals surface area contributed by atoms with Crippen LogP contribution in [0.3, 0.4) is 0 Å². The lowest BCUT2D eigenvalue weighted by atomic mass is 10.2. The minimum atomic E-state index is -3.38. The van der Waals surface area contributed by atoms with E-state index in [0.29, 0.717) is 11.4 Å². The summed E-state index contributed by atoms with van der Waals surface area (Å²) >= 11 is 0. The molecule has 0 bridgehead atoms. The normalized spacial score (nSPS) is 12.1. The third kappa shape index (κ3) is 6.00. The summed E-state index contributed by atoms with van der Waals surface area (Å²) in [5.74, 6) is 0. The van der Waals surface area contributed by atoms with E-state index in [9.17, 15) is 8.42 Å². The van der Waals surface area contributed by atoms with Crippen molar-refractivity contribution >= 4 is 10.0 Å².